The molecule has 2 aliphatic heterocycles. The van der Waals surface area contributed by atoms with E-state index in [4.69, 9.17) is 0 Å². The van der Waals surface area contributed by atoms with Crippen molar-refractivity contribution < 1.29 is 50.3 Å². The average Bonchev–Trinajstić information content (AvgIpc) is 3.34. The number of likely N-dealkylation sites (tertiary alicyclic amines) is 1. The Hall–Kier alpha value is -3.09. The van der Waals surface area contributed by atoms with Gasteiger partial charge in [-0.25, -0.2) is 0 Å². The van der Waals surface area contributed by atoms with Crippen LogP contribution in [-0.2, 0) is 23.9 Å². The molecule has 5 atom stereocenters. The van der Waals surface area contributed by atoms with E-state index < -0.39 is 78.8 Å². The van der Waals surface area contributed by atoms with Crippen molar-refractivity contribution in [2.75, 3.05) is 13.1 Å². The second kappa shape index (κ2) is 11.1. The van der Waals surface area contributed by atoms with Crippen LogP contribution in [0.1, 0.15) is 40.0 Å². The molecule has 0 radical (unpaired) electrons. The lowest BCUT2D eigenvalue weighted by Gasteiger charge is -2.35. The number of carbonyl (C=O) groups is 4. The Morgan fingerprint density at radius 3 is 2.24 bits per heavy atom. The third kappa shape index (κ3) is 8.20. The number of amides is 4. The van der Waals surface area contributed by atoms with Crippen LogP contribution in [0.3, 0.4) is 0 Å². The largest absolute Gasteiger partial charge is 0.522 e. The van der Waals surface area contributed by atoms with Gasteiger partial charge >= 0.3 is 18.4 Å². The van der Waals surface area contributed by atoms with Gasteiger partial charge in [0.15, 0.2) is 0 Å². The van der Waals surface area contributed by atoms with Gasteiger partial charge in [0.1, 0.15) is 18.1 Å². The first-order valence-electron chi connectivity index (χ1n) is 11.2. The van der Waals surface area contributed by atoms with E-state index in [0.717, 1.165) is 0 Å². The monoisotopic (exact) mass is 543 g/mol. The van der Waals surface area contributed by atoms with Crippen molar-refractivity contribution in [3.63, 3.8) is 0 Å². The molecule has 0 aliphatic carbocycles. The Morgan fingerprint density at radius 1 is 1.16 bits per heavy atom. The molecule has 37 heavy (non-hydrogen) atoms. The Morgan fingerprint density at radius 2 is 1.78 bits per heavy atom. The molecule has 0 saturated carbocycles. The van der Waals surface area contributed by atoms with E-state index in [1.165, 1.54) is 20.8 Å². The van der Waals surface area contributed by atoms with Crippen molar-refractivity contribution in [1.82, 2.24) is 20.9 Å². The molecule has 0 aromatic heterocycles. The quantitative estimate of drug-likeness (QED) is 0.411. The number of nitrogens with one attached hydrogen (secondary N) is 3. The summed E-state index contributed by atoms with van der Waals surface area (Å²) in [6.07, 6.45) is -12.6. The molecule has 0 spiro atoms. The van der Waals surface area contributed by atoms with Crippen molar-refractivity contribution in [2.45, 2.75) is 76.8 Å². The van der Waals surface area contributed by atoms with Crippen LogP contribution < -0.4 is 16.0 Å². The number of hydrogen-bond acceptors (Lipinski definition) is 6. The molecule has 208 valence electrons. The summed E-state index contributed by atoms with van der Waals surface area (Å²) >= 11 is 0. The summed E-state index contributed by atoms with van der Waals surface area (Å²) in [7, 11) is 0. The van der Waals surface area contributed by atoms with E-state index >= 15 is 0 Å². The molecule has 2 saturated heterocycles. The first kappa shape index (κ1) is 30.1. The molecule has 3 N–H and O–H groups in total. The molecule has 0 unspecified atom stereocenters. The van der Waals surface area contributed by atoms with Crippen LogP contribution in [0.4, 0.5) is 26.3 Å². The number of alkyl halides is 6. The van der Waals surface area contributed by atoms with Gasteiger partial charge < -0.3 is 20.9 Å². The van der Waals surface area contributed by atoms with Crippen LogP contribution in [0, 0.1) is 22.7 Å². The normalized spacial score (nSPS) is 24.2. The molecule has 2 rings (SSSR count). The molecule has 2 aliphatic rings. The van der Waals surface area contributed by atoms with Crippen LogP contribution in [0.5, 0.6) is 0 Å². The van der Waals surface area contributed by atoms with E-state index in [2.05, 4.69) is 15.4 Å². The zero-order chi connectivity index (χ0) is 28.3. The van der Waals surface area contributed by atoms with Crippen molar-refractivity contribution in [2.24, 2.45) is 11.3 Å². The summed E-state index contributed by atoms with van der Waals surface area (Å²) in [5.74, 6) is -5.65. The predicted molar refractivity (Wildman–Crippen MR) is 112 cm³/mol. The smallest absolute Gasteiger partial charge is 0.356 e. The van der Waals surface area contributed by atoms with E-state index in [-0.39, 0.29) is 12.3 Å². The molecule has 10 nitrogen and oxygen atoms in total. The fourth-order valence-corrected chi connectivity index (χ4v) is 4.16. The number of carbonyl (C=O) groups excluding carboxylic acids is 4. The minimum absolute atomic E-state index is 0.0938. The standard InChI is InChI=1S/C21H27F6N5O5/c1-19(2,3)14(31-18(36)20(22,23)24)17(35)32-9-12(37-21(25,26)27)7-13(32)16(34)30-11(8-28)6-10-4-5-29-15(10)33/h10-14H,4-7,9H2,1-3H3,(H,29,33)(H,30,34)(H,31,36)/t10-,11-,12+,13-,14+/m0/s1. The summed E-state index contributed by atoms with van der Waals surface area (Å²) in [6, 6.07) is -2.97. The van der Waals surface area contributed by atoms with Gasteiger partial charge in [0, 0.05) is 25.4 Å². The fourth-order valence-electron chi connectivity index (χ4n) is 4.16. The van der Waals surface area contributed by atoms with Crippen LogP contribution in [0.15, 0.2) is 0 Å². The lowest BCUT2D eigenvalue weighted by Crippen LogP contribution is -2.59. The van der Waals surface area contributed by atoms with Gasteiger partial charge in [-0.15, -0.1) is 13.2 Å². The number of hydrogen-bond donors (Lipinski definition) is 3. The zero-order valence-corrected chi connectivity index (χ0v) is 20.1. The Kier molecular flexibility index (Phi) is 9.05. The van der Waals surface area contributed by atoms with Gasteiger partial charge in [0.05, 0.1) is 12.2 Å². The zero-order valence-electron chi connectivity index (χ0n) is 20.1. The molecule has 0 aromatic carbocycles. The maximum atomic E-state index is 13.3. The second-order valence-electron chi connectivity index (χ2n) is 9.90. The van der Waals surface area contributed by atoms with Crippen LogP contribution in [0.2, 0.25) is 0 Å². The van der Waals surface area contributed by atoms with Gasteiger partial charge in [-0.2, -0.15) is 18.4 Å². The second-order valence-corrected chi connectivity index (χ2v) is 9.90. The minimum Gasteiger partial charge on any atom is -0.356 e. The Labute approximate surface area is 208 Å². The number of nitriles is 1. The molecule has 16 heteroatoms. The van der Waals surface area contributed by atoms with Gasteiger partial charge in [0.25, 0.3) is 0 Å². The van der Waals surface area contributed by atoms with Crippen LogP contribution in [-0.4, -0.2) is 78.4 Å². The van der Waals surface area contributed by atoms with E-state index in [9.17, 15) is 50.8 Å². The van der Waals surface area contributed by atoms with Crippen molar-refractivity contribution in [1.29, 1.82) is 5.26 Å². The topological polar surface area (TPSA) is 141 Å². The first-order chi connectivity index (χ1) is 16.8. The van der Waals surface area contributed by atoms with Gasteiger partial charge in [-0.05, 0) is 18.3 Å². The van der Waals surface area contributed by atoms with E-state index in [0.29, 0.717) is 17.9 Å². The van der Waals surface area contributed by atoms with E-state index in [1.54, 1.807) is 11.4 Å². The minimum atomic E-state index is -5.35. The summed E-state index contributed by atoms with van der Waals surface area (Å²) < 4.78 is 81.1. The SMILES string of the molecule is CC(C)(C)[C@H](NC(=O)C(F)(F)F)C(=O)N1C[C@H](OC(F)(F)F)C[C@H]1C(=O)N[C@H](C#N)C[C@@H]1CCNC1=O. The van der Waals surface area contributed by atoms with Crippen molar-refractivity contribution >= 4 is 23.6 Å². The number of halogens is 6. The molecule has 2 heterocycles. The maximum absolute atomic E-state index is 13.3. The van der Waals surface area contributed by atoms with Gasteiger partial charge in [0.2, 0.25) is 17.7 Å². The molecular formula is C21H27F6N5O5. The predicted octanol–water partition coefficient (Wildman–Crippen LogP) is 1.12. The average molecular weight is 543 g/mol. The lowest BCUT2D eigenvalue weighted by atomic mass is 9.85. The Balaban J connectivity index is 2.29. The fraction of sp³-hybridized carbons (Fsp3) is 0.762. The van der Waals surface area contributed by atoms with Crippen molar-refractivity contribution in [3.8, 4) is 6.07 Å². The maximum Gasteiger partial charge on any atom is 0.522 e. The van der Waals surface area contributed by atoms with Gasteiger partial charge in [-0.3, -0.25) is 23.9 Å². The lowest BCUT2D eigenvalue weighted by molar-refractivity contribution is -0.340. The summed E-state index contributed by atoms with van der Waals surface area (Å²) in [4.78, 5) is 50.2. The third-order valence-corrected chi connectivity index (χ3v) is 5.95. The highest BCUT2D eigenvalue weighted by Gasteiger charge is 2.50. The summed E-state index contributed by atoms with van der Waals surface area (Å²) in [6.45, 7) is 3.51. The number of rotatable bonds is 7. The summed E-state index contributed by atoms with van der Waals surface area (Å²) in [5.41, 5.74) is -1.34. The number of ether oxygens (including phenoxy) is 1. The molecule has 4 amide bonds. The molecule has 0 bridgehead atoms. The molecule has 0 aromatic rings. The molecule has 2 fully saturated rings. The summed E-state index contributed by atoms with van der Waals surface area (Å²) in [5, 5.41) is 15.8. The van der Waals surface area contributed by atoms with E-state index in [1.807, 2.05) is 0 Å². The highest BCUT2D eigenvalue weighted by Crippen LogP contribution is 2.31. The van der Waals surface area contributed by atoms with Crippen molar-refractivity contribution in [3.05, 3.63) is 0 Å². The first-order valence-corrected chi connectivity index (χ1v) is 11.2. The highest BCUT2D eigenvalue weighted by atomic mass is 19.4. The van der Waals surface area contributed by atoms with Crippen LogP contribution >= 0.6 is 0 Å². The van der Waals surface area contributed by atoms with Gasteiger partial charge in [-0.1, -0.05) is 20.8 Å². The Bertz CT molecular complexity index is 942. The van der Waals surface area contributed by atoms with Crippen LogP contribution in [0.25, 0.3) is 0 Å². The number of nitrogens with zero attached hydrogens (tertiary/aromatic N) is 2. The highest BCUT2D eigenvalue weighted by molar-refractivity contribution is 5.94. The molecular weight excluding hydrogens is 516 g/mol. The third-order valence-electron chi connectivity index (χ3n) is 5.95.